The second-order valence-corrected chi connectivity index (χ2v) is 5.80. The molecule has 0 unspecified atom stereocenters. The van der Waals surface area contributed by atoms with Crippen LogP contribution in [0.2, 0.25) is 5.02 Å². The van der Waals surface area contributed by atoms with Crippen LogP contribution in [0.1, 0.15) is 24.1 Å². The fourth-order valence-electron chi connectivity index (χ4n) is 1.09. The molecule has 1 heterocycles. The molecule has 78 valence electrons. The van der Waals surface area contributed by atoms with Crippen LogP contribution in [-0.2, 0) is 11.2 Å². The Morgan fingerprint density at radius 3 is 2.79 bits per heavy atom. The van der Waals surface area contributed by atoms with E-state index in [0.717, 1.165) is 28.1 Å². The van der Waals surface area contributed by atoms with Gasteiger partial charge in [-0.2, -0.15) is 0 Å². The predicted molar refractivity (Wildman–Crippen MR) is 62.2 cm³/mol. The van der Waals surface area contributed by atoms with Crippen molar-refractivity contribution in [2.75, 3.05) is 0 Å². The maximum absolute atomic E-state index is 10.2. The minimum atomic E-state index is -0.726. The highest BCUT2D eigenvalue weighted by Crippen LogP contribution is 2.32. The van der Waals surface area contributed by atoms with Crippen LogP contribution in [0.25, 0.3) is 0 Å². The molecule has 1 aromatic rings. The Morgan fingerprint density at radius 1 is 1.57 bits per heavy atom. The number of rotatable bonds is 5. The predicted octanol–water partition coefficient (Wildman–Crippen LogP) is 3.96. The van der Waals surface area contributed by atoms with Gasteiger partial charge < -0.3 is 5.11 Å². The van der Waals surface area contributed by atoms with Crippen LogP contribution in [-0.4, -0.2) is 11.1 Å². The molecule has 0 aliphatic heterocycles. The zero-order valence-corrected chi connectivity index (χ0v) is 10.6. The van der Waals surface area contributed by atoms with Crippen molar-refractivity contribution < 1.29 is 9.90 Å². The summed E-state index contributed by atoms with van der Waals surface area (Å²) in [5, 5.41) is 9.17. The lowest BCUT2D eigenvalue weighted by Crippen LogP contribution is -1.94. The average Bonchev–Trinajstić information content (AvgIpc) is 2.40. The Labute approximate surface area is 100 Å². The Balaban J connectivity index is 2.28. The standard InChI is InChI=1S/C9H10BrClO2S/c10-9-7(11)5-6(14-9)3-1-2-4-8(12)13/h5H,1-4H2,(H,12,13). The first kappa shape index (κ1) is 12.0. The summed E-state index contributed by atoms with van der Waals surface area (Å²) in [5.41, 5.74) is 0. The van der Waals surface area contributed by atoms with Crippen molar-refractivity contribution in [3.05, 3.63) is 19.8 Å². The largest absolute Gasteiger partial charge is 0.481 e. The molecule has 1 N–H and O–H groups in total. The smallest absolute Gasteiger partial charge is 0.303 e. The topological polar surface area (TPSA) is 37.3 Å². The number of unbranched alkanes of at least 4 members (excludes halogenated alkanes) is 1. The number of hydrogen-bond acceptors (Lipinski definition) is 2. The molecule has 2 nitrogen and oxygen atoms in total. The van der Waals surface area contributed by atoms with Crippen molar-refractivity contribution >= 4 is 44.8 Å². The van der Waals surface area contributed by atoms with E-state index in [4.69, 9.17) is 16.7 Å². The average molecular weight is 298 g/mol. The molecule has 0 amide bonds. The molecule has 0 aromatic carbocycles. The SMILES string of the molecule is O=C(O)CCCCc1cc(Cl)c(Br)s1. The summed E-state index contributed by atoms with van der Waals surface area (Å²) in [6, 6.07) is 1.93. The molecule has 0 radical (unpaired) electrons. The molecular formula is C9H10BrClO2S. The molecule has 0 saturated carbocycles. The third-order valence-corrected chi connectivity index (χ3v) is 4.29. The second-order valence-electron chi connectivity index (χ2n) is 2.94. The van der Waals surface area contributed by atoms with Gasteiger partial charge >= 0.3 is 5.97 Å². The molecule has 0 bridgehead atoms. The number of hydrogen-bond donors (Lipinski definition) is 1. The number of carbonyl (C=O) groups is 1. The summed E-state index contributed by atoms with van der Waals surface area (Å²) in [5.74, 6) is -0.726. The minimum absolute atomic E-state index is 0.250. The van der Waals surface area contributed by atoms with Crippen LogP contribution in [0.15, 0.2) is 9.85 Å². The summed E-state index contributed by atoms with van der Waals surface area (Å²) in [7, 11) is 0. The Hall–Kier alpha value is -0.0600. The van der Waals surface area contributed by atoms with E-state index < -0.39 is 5.97 Å². The highest BCUT2D eigenvalue weighted by atomic mass is 79.9. The zero-order chi connectivity index (χ0) is 10.6. The van der Waals surface area contributed by atoms with Crippen molar-refractivity contribution in [2.45, 2.75) is 25.7 Å². The van der Waals surface area contributed by atoms with Crippen molar-refractivity contribution in [3.63, 3.8) is 0 Å². The number of aliphatic carboxylic acids is 1. The van der Waals surface area contributed by atoms with E-state index in [1.54, 1.807) is 11.3 Å². The molecule has 1 aromatic heterocycles. The van der Waals surface area contributed by atoms with Gasteiger partial charge in [0.25, 0.3) is 0 Å². The van der Waals surface area contributed by atoms with E-state index in [1.165, 1.54) is 4.88 Å². The van der Waals surface area contributed by atoms with Crippen LogP contribution in [0.5, 0.6) is 0 Å². The molecule has 5 heteroatoms. The summed E-state index contributed by atoms with van der Waals surface area (Å²) in [6.45, 7) is 0. The molecule has 0 saturated heterocycles. The maximum Gasteiger partial charge on any atom is 0.303 e. The van der Waals surface area contributed by atoms with Crippen molar-refractivity contribution in [1.82, 2.24) is 0 Å². The third-order valence-electron chi connectivity index (χ3n) is 1.76. The van der Waals surface area contributed by atoms with Gasteiger partial charge in [-0.05, 0) is 41.3 Å². The second kappa shape index (κ2) is 5.73. The molecular weight excluding hydrogens is 288 g/mol. The van der Waals surface area contributed by atoms with Gasteiger partial charge in [0.15, 0.2) is 0 Å². The Kier molecular flexibility index (Phi) is 4.92. The van der Waals surface area contributed by atoms with E-state index in [2.05, 4.69) is 15.9 Å². The molecule has 0 aliphatic rings. The number of thiophene rings is 1. The summed E-state index contributed by atoms with van der Waals surface area (Å²) < 4.78 is 0.951. The van der Waals surface area contributed by atoms with Gasteiger partial charge in [0.1, 0.15) is 0 Å². The summed E-state index contributed by atoms with van der Waals surface area (Å²) in [4.78, 5) is 11.4. The van der Waals surface area contributed by atoms with Crippen molar-refractivity contribution in [3.8, 4) is 0 Å². The third kappa shape index (κ3) is 3.98. The van der Waals surface area contributed by atoms with Crippen LogP contribution < -0.4 is 0 Å². The van der Waals surface area contributed by atoms with E-state index >= 15 is 0 Å². The lowest BCUT2D eigenvalue weighted by molar-refractivity contribution is -0.137. The van der Waals surface area contributed by atoms with E-state index in [1.807, 2.05) is 6.07 Å². The highest BCUT2D eigenvalue weighted by molar-refractivity contribution is 9.11. The van der Waals surface area contributed by atoms with Crippen molar-refractivity contribution in [2.24, 2.45) is 0 Å². The fraction of sp³-hybridized carbons (Fsp3) is 0.444. The van der Waals surface area contributed by atoms with Crippen LogP contribution in [0.4, 0.5) is 0 Å². The summed E-state index contributed by atoms with van der Waals surface area (Å²) >= 11 is 10.8. The molecule has 0 atom stereocenters. The van der Waals surface area contributed by atoms with Crippen LogP contribution in [0.3, 0.4) is 0 Å². The van der Waals surface area contributed by atoms with Gasteiger partial charge in [0, 0.05) is 11.3 Å². The lowest BCUT2D eigenvalue weighted by Gasteiger charge is -1.95. The molecule has 0 fully saturated rings. The minimum Gasteiger partial charge on any atom is -0.481 e. The fourth-order valence-corrected chi connectivity index (χ4v) is 2.95. The number of carboxylic acids is 1. The van der Waals surface area contributed by atoms with E-state index in [-0.39, 0.29) is 6.42 Å². The first-order chi connectivity index (χ1) is 6.59. The van der Waals surface area contributed by atoms with Gasteiger partial charge in [0.05, 0.1) is 8.81 Å². The normalized spacial score (nSPS) is 10.4. The molecule has 1 rings (SSSR count). The Bertz CT molecular complexity index is 305. The lowest BCUT2D eigenvalue weighted by atomic mass is 10.2. The maximum atomic E-state index is 10.2. The molecule has 14 heavy (non-hydrogen) atoms. The quantitative estimate of drug-likeness (QED) is 0.835. The number of carboxylic acid groups (broad SMARTS) is 1. The monoisotopic (exact) mass is 296 g/mol. The van der Waals surface area contributed by atoms with Crippen LogP contribution in [0, 0.1) is 0 Å². The van der Waals surface area contributed by atoms with Gasteiger partial charge in [0.2, 0.25) is 0 Å². The first-order valence-corrected chi connectivity index (χ1v) is 6.24. The van der Waals surface area contributed by atoms with Crippen LogP contribution >= 0.6 is 38.9 Å². The number of halogens is 2. The highest BCUT2D eigenvalue weighted by Gasteiger charge is 2.04. The van der Waals surface area contributed by atoms with Gasteiger partial charge in [-0.15, -0.1) is 11.3 Å². The Morgan fingerprint density at radius 2 is 2.29 bits per heavy atom. The number of aryl methyl sites for hydroxylation is 1. The molecule has 0 aliphatic carbocycles. The molecule has 0 spiro atoms. The zero-order valence-electron chi connectivity index (χ0n) is 7.43. The van der Waals surface area contributed by atoms with E-state index in [9.17, 15) is 4.79 Å². The summed E-state index contributed by atoms with van der Waals surface area (Å²) in [6.07, 6.45) is 2.78. The van der Waals surface area contributed by atoms with E-state index in [0.29, 0.717) is 0 Å². The first-order valence-electron chi connectivity index (χ1n) is 4.25. The van der Waals surface area contributed by atoms with Crippen molar-refractivity contribution in [1.29, 1.82) is 0 Å². The van der Waals surface area contributed by atoms with Gasteiger partial charge in [-0.3, -0.25) is 4.79 Å². The van der Waals surface area contributed by atoms with Gasteiger partial charge in [-0.1, -0.05) is 11.6 Å². The van der Waals surface area contributed by atoms with Gasteiger partial charge in [-0.25, -0.2) is 0 Å².